The zero-order chi connectivity index (χ0) is 63.7. The second kappa shape index (κ2) is 20.4. The largest absolute Gasteiger partial charge is 0.311 e. The minimum atomic E-state index is -0.119. The molecule has 90 heavy (non-hydrogen) atoms. The molecule has 0 unspecified atom stereocenters. The van der Waals surface area contributed by atoms with E-state index in [0.29, 0.717) is 0 Å². The molecule has 4 heterocycles. The van der Waals surface area contributed by atoms with Gasteiger partial charge in [0.25, 0.3) is 6.71 Å². The van der Waals surface area contributed by atoms with Gasteiger partial charge in [0.2, 0.25) is 0 Å². The van der Waals surface area contributed by atoms with E-state index in [0.717, 1.165) is 47.0 Å². The van der Waals surface area contributed by atoms with Crippen LogP contribution in [0.15, 0.2) is 182 Å². The van der Waals surface area contributed by atoms with Gasteiger partial charge in [0.15, 0.2) is 0 Å². The molecule has 456 valence electrons. The third-order valence-electron chi connectivity index (χ3n) is 20.6. The Kier molecular flexibility index (Phi) is 13.5. The first-order chi connectivity index (χ1) is 42.3. The molecule has 0 fully saturated rings. The number of benzene rings is 9. The molecule has 2 aliphatic heterocycles. The minimum Gasteiger partial charge on any atom is -0.311 e. The highest BCUT2D eigenvalue weighted by Crippen LogP contribution is 2.53. The van der Waals surface area contributed by atoms with Crippen molar-refractivity contribution in [3.8, 4) is 5.69 Å². The van der Waals surface area contributed by atoms with Gasteiger partial charge in [-0.3, -0.25) is 0 Å². The van der Waals surface area contributed by atoms with Crippen molar-refractivity contribution < 1.29 is 0 Å². The van der Waals surface area contributed by atoms with E-state index in [1.54, 1.807) is 0 Å². The molecule has 0 atom stereocenters. The lowest BCUT2D eigenvalue weighted by Gasteiger charge is -2.44. The van der Waals surface area contributed by atoms with Crippen molar-refractivity contribution in [2.24, 2.45) is 0 Å². The molecule has 3 aliphatic rings. The zero-order valence-electron chi connectivity index (χ0n) is 57.0. The second-order valence-corrected chi connectivity index (χ2v) is 34.1. The average molecular weight is 1200 g/mol. The zero-order valence-corrected chi connectivity index (χ0v) is 57.8. The topological polar surface area (TPSA) is 14.7 Å². The van der Waals surface area contributed by atoms with E-state index in [-0.39, 0.29) is 44.6 Å². The maximum atomic E-state index is 2.71. The molecule has 2 aromatic heterocycles. The molecule has 0 N–H and O–H groups in total. The molecule has 6 heteroatoms. The Morgan fingerprint density at radius 1 is 0.389 bits per heavy atom. The molecule has 4 nitrogen and oxygen atoms in total. The standard InChI is InChI=1S/C84H91BN4S/c1-78(2,3)52-24-32-57(33-25-52)86(58-34-26-53(27-35-58)79(4,5)6)62-41-43-68-70(49-62)88(61-40-42-66-67(48-61)84(18,19)45-44-83(66,16)17)71-50-63(87(59-36-28-54(29-37-59)80(7,8)9)60-38-30-55(31-39-60)81(10,11)12)51-72-75(71)85(68)69-47-56(82(13,14)15)46-65-74-64-22-20-21-23-73(64)90-77(74)89(72)76(65)69/h20-43,46-51H,44-45H2,1-19H3. The Labute approximate surface area is 541 Å². The van der Waals surface area contributed by atoms with Gasteiger partial charge < -0.3 is 19.3 Å². The van der Waals surface area contributed by atoms with Gasteiger partial charge in [0.05, 0.1) is 11.2 Å². The van der Waals surface area contributed by atoms with E-state index >= 15 is 0 Å². The number of nitrogens with zero attached hydrogens (tertiary/aromatic N) is 4. The monoisotopic (exact) mass is 1200 g/mol. The van der Waals surface area contributed by atoms with Gasteiger partial charge in [-0.25, -0.2) is 0 Å². The van der Waals surface area contributed by atoms with E-state index in [9.17, 15) is 0 Å². The summed E-state index contributed by atoms with van der Waals surface area (Å²) < 4.78 is 4.02. The van der Waals surface area contributed by atoms with E-state index in [2.05, 4.69) is 333 Å². The summed E-state index contributed by atoms with van der Waals surface area (Å²) in [5.74, 6) is 0. The van der Waals surface area contributed by atoms with Crippen molar-refractivity contribution in [1.29, 1.82) is 0 Å². The molecule has 0 amide bonds. The lowest BCUT2D eigenvalue weighted by atomic mass is 9.33. The molecule has 9 aromatic carbocycles. The number of hydrogen-bond acceptors (Lipinski definition) is 4. The minimum absolute atomic E-state index is 0.00686. The fourth-order valence-electron chi connectivity index (χ4n) is 15.0. The van der Waals surface area contributed by atoms with Crippen LogP contribution in [0.25, 0.3) is 36.9 Å². The predicted octanol–water partition coefficient (Wildman–Crippen LogP) is 22.4. The number of hydrogen-bond donors (Lipinski definition) is 0. The van der Waals surface area contributed by atoms with E-state index in [1.165, 1.54) is 109 Å². The molecule has 11 aromatic rings. The fourth-order valence-corrected chi connectivity index (χ4v) is 16.2. The molecular formula is C84H91BN4S. The summed E-state index contributed by atoms with van der Waals surface area (Å²) in [7, 11) is 0. The Morgan fingerprint density at radius 2 is 0.833 bits per heavy atom. The molecule has 1 aliphatic carbocycles. The first kappa shape index (κ1) is 59.8. The van der Waals surface area contributed by atoms with Crippen LogP contribution in [0.3, 0.4) is 0 Å². The number of fused-ring (bicyclic) bond motifs is 10. The number of anilines is 9. The van der Waals surface area contributed by atoms with Crippen LogP contribution in [0.5, 0.6) is 0 Å². The number of thiophene rings is 1. The fraction of sp³-hybridized carbons (Fsp3) is 0.333. The van der Waals surface area contributed by atoms with Gasteiger partial charge in [0.1, 0.15) is 4.83 Å². The van der Waals surface area contributed by atoms with Crippen LogP contribution in [0.2, 0.25) is 0 Å². The van der Waals surface area contributed by atoms with Crippen LogP contribution in [-0.2, 0) is 37.9 Å². The van der Waals surface area contributed by atoms with Gasteiger partial charge in [0, 0.05) is 72.0 Å². The van der Waals surface area contributed by atoms with Crippen molar-refractivity contribution in [1.82, 2.24) is 4.57 Å². The molecule has 0 saturated heterocycles. The molecule has 14 rings (SSSR count). The highest BCUT2D eigenvalue weighted by atomic mass is 32.1. The van der Waals surface area contributed by atoms with Crippen molar-refractivity contribution in [3.63, 3.8) is 0 Å². The van der Waals surface area contributed by atoms with Gasteiger partial charge in [-0.05, 0) is 203 Å². The van der Waals surface area contributed by atoms with Gasteiger partial charge >= 0.3 is 0 Å². The van der Waals surface area contributed by atoms with Crippen LogP contribution in [0, 0.1) is 0 Å². The summed E-state index contributed by atoms with van der Waals surface area (Å²) in [6, 6.07) is 72.0. The molecular weight excluding hydrogens is 1110 g/mol. The molecule has 0 radical (unpaired) electrons. The lowest BCUT2D eigenvalue weighted by Crippen LogP contribution is -2.60. The highest BCUT2D eigenvalue weighted by molar-refractivity contribution is 7.26. The van der Waals surface area contributed by atoms with Crippen LogP contribution in [0.1, 0.15) is 183 Å². The van der Waals surface area contributed by atoms with Crippen molar-refractivity contribution >= 4 is 117 Å². The van der Waals surface area contributed by atoms with Crippen molar-refractivity contribution in [2.45, 2.75) is 182 Å². The summed E-state index contributed by atoms with van der Waals surface area (Å²) in [5.41, 5.74) is 26.3. The quantitative estimate of drug-likeness (QED) is 0.148. The van der Waals surface area contributed by atoms with E-state index in [1.807, 2.05) is 11.3 Å². The van der Waals surface area contributed by atoms with Crippen molar-refractivity contribution in [2.75, 3.05) is 14.7 Å². The van der Waals surface area contributed by atoms with Crippen LogP contribution < -0.4 is 31.1 Å². The highest BCUT2D eigenvalue weighted by Gasteiger charge is 2.45. The third-order valence-corrected chi connectivity index (χ3v) is 21.8. The predicted molar refractivity (Wildman–Crippen MR) is 394 cm³/mol. The van der Waals surface area contributed by atoms with E-state index < -0.39 is 0 Å². The first-order valence-corrected chi connectivity index (χ1v) is 33.9. The molecule has 0 spiro atoms. The van der Waals surface area contributed by atoms with Crippen molar-refractivity contribution in [3.05, 3.63) is 221 Å². The number of rotatable bonds is 7. The average Bonchev–Trinajstić information content (AvgIpc) is 1.38. The van der Waals surface area contributed by atoms with Gasteiger partial charge in [-0.15, -0.1) is 11.3 Å². The maximum absolute atomic E-state index is 2.71. The maximum Gasteiger partial charge on any atom is 0.252 e. The summed E-state index contributed by atoms with van der Waals surface area (Å²) in [6.45, 7) is 44.7. The Balaban J connectivity index is 1.13. The van der Waals surface area contributed by atoms with Crippen LogP contribution in [0.4, 0.5) is 51.2 Å². The molecule has 0 bridgehead atoms. The Morgan fingerprint density at radius 3 is 1.33 bits per heavy atom. The summed E-state index contributed by atoms with van der Waals surface area (Å²) >= 11 is 1.94. The summed E-state index contributed by atoms with van der Waals surface area (Å²) in [6.07, 6.45) is 2.28. The number of aromatic nitrogens is 1. The lowest BCUT2D eigenvalue weighted by molar-refractivity contribution is 0.332. The second-order valence-electron chi connectivity index (χ2n) is 33.1. The molecule has 0 saturated carbocycles. The first-order valence-electron chi connectivity index (χ1n) is 33.1. The Hall–Kier alpha value is -7.80. The summed E-state index contributed by atoms with van der Waals surface area (Å²) in [4.78, 5) is 9.03. The van der Waals surface area contributed by atoms with Gasteiger partial charge in [-0.2, -0.15) is 0 Å². The summed E-state index contributed by atoms with van der Waals surface area (Å²) in [5, 5.41) is 4.00. The normalized spacial score (nSPS) is 15.3. The smallest absolute Gasteiger partial charge is 0.252 e. The third kappa shape index (κ3) is 9.83. The van der Waals surface area contributed by atoms with Crippen LogP contribution in [-0.4, -0.2) is 11.3 Å². The SMILES string of the molecule is CC(C)(C)c1ccc(N(c2ccc(C(C)(C)C)cc2)c2ccc3c(c2)N(c2ccc4c(c2)C(C)(C)CCC4(C)C)c2cc(N(c4ccc(C(C)(C)C)cc4)c4ccc(C(C)(C)C)cc4)cc4c2B3c2cc(C(C)(C)C)cc3c5c6ccccc6sc5n-4c23)cc1. The van der Waals surface area contributed by atoms with Gasteiger partial charge in [-0.1, -0.05) is 216 Å². The van der Waals surface area contributed by atoms with E-state index in [4.69, 9.17) is 0 Å². The van der Waals surface area contributed by atoms with Crippen LogP contribution >= 0.6 is 11.3 Å². The Bertz CT molecular complexity index is 4540.